The summed E-state index contributed by atoms with van der Waals surface area (Å²) in [6.07, 6.45) is 4.23. The minimum Gasteiger partial charge on any atom is -0.480 e. The number of aromatic nitrogens is 6. The van der Waals surface area contributed by atoms with Crippen molar-refractivity contribution in [3.63, 3.8) is 0 Å². The van der Waals surface area contributed by atoms with Crippen LogP contribution >= 0.6 is 11.6 Å². The first-order valence-electron chi connectivity index (χ1n) is 14.4. The van der Waals surface area contributed by atoms with Gasteiger partial charge >= 0.3 is 0 Å². The molecule has 0 unspecified atom stereocenters. The molecule has 0 saturated heterocycles. The highest BCUT2D eigenvalue weighted by molar-refractivity contribution is 7.92. The molecule has 0 amide bonds. The van der Waals surface area contributed by atoms with Crippen LogP contribution in [-0.2, 0) is 21.5 Å². The smallest absolute Gasteiger partial charge is 0.267 e. The Morgan fingerprint density at radius 1 is 1.09 bits per heavy atom. The zero-order chi connectivity index (χ0) is 33.4. The third-order valence-corrected chi connectivity index (χ3v) is 10.4. The van der Waals surface area contributed by atoms with Gasteiger partial charge in [-0.05, 0) is 30.3 Å². The van der Waals surface area contributed by atoms with Crippen LogP contribution in [0.4, 0.5) is 14.5 Å². The van der Waals surface area contributed by atoms with E-state index in [1.807, 2.05) is 18.4 Å². The lowest BCUT2D eigenvalue weighted by Crippen LogP contribution is -2.22. The number of anilines is 1. The molecule has 5 rings (SSSR count). The molecule has 11 nitrogen and oxygen atoms in total. The largest absolute Gasteiger partial charge is 0.480 e. The molecule has 0 aliphatic rings. The fourth-order valence-corrected chi connectivity index (χ4v) is 6.93. The number of sulfonamides is 1. The molecule has 0 saturated carbocycles. The van der Waals surface area contributed by atoms with Crippen molar-refractivity contribution in [2.45, 2.75) is 57.1 Å². The van der Waals surface area contributed by atoms with E-state index in [1.165, 1.54) is 31.9 Å². The average molecular weight is 690 g/mol. The second kappa shape index (κ2) is 13.1. The summed E-state index contributed by atoms with van der Waals surface area (Å²) in [5, 5.41) is 8.83. The zero-order valence-corrected chi connectivity index (χ0v) is 28.7. The van der Waals surface area contributed by atoms with Gasteiger partial charge in [0, 0.05) is 38.6 Å². The monoisotopic (exact) mass is 689 g/mol. The lowest BCUT2D eigenvalue weighted by atomic mass is 10.0. The average Bonchev–Trinajstić information content (AvgIpc) is 3.60. The number of fused-ring (bicyclic) bond motifs is 1. The van der Waals surface area contributed by atoms with Crippen molar-refractivity contribution in [2.24, 2.45) is 0 Å². The maximum atomic E-state index is 15.9. The topological polar surface area (TPSA) is 126 Å². The summed E-state index contributed by atoms with van der Waals surface area (Å²) < 4.78 is 74.0. The molecule has 0 aliphatic carbocycles. The number of methoxy groups -OCH3 is 1. The van der Waals surface area contributed by atoms with Crippen molar-refractivity contribution in [3.8, 4) is 28.5 Å². The van der Waals surface area contributed by atoms with Crippen LogP contribution in [0, 0.1) is 11.6 Å². The number of nitrogens with one attached hydrogen (secondary N) is 1. The second-order valence-electron chi connectivity index (χ2n) is 12.2. The van der Waals surface area contributed by atoms with Crippen molar-refractivity contribution in [1.29, 1.82) is 0 Å². The molecule has 0 fully saturated rings. The van der Waals surface area contributed by atoms with E-state index >= 15 is 8.78 Å². The Hall–Kier alpha value is -3.92. The number of hydrogen-bond acceptors (Lipinski definition) is 8. The van der Waals surface area contributed by atoms with Gasteiger partial charge in [0.05, 0.1) is 28.9 Å². The standard InChI is InChI=1S/C30H34ClF2N7O4SSi/c1-18(2)28-36-37-29(40(28)17-44-11-12-46(4,5)6)27-23-10-7-19(15-39(23)16-35-27)25-21(32)8-9-22(26(25)33)38-45(41,42)24-13-20(31)14-34-30(24)43-3/h7-10,13-16,18,38H,11-12,17H2,1-6H3. The predicted molar refractivity (Wildman–Crippen MR) is 174 cm³/mol. The second-order valence-corrected chi connectivity index (χ2v) is 19.9. The highest BCUT2D eigenvalue weighted by Gasteiger charge is 2.26. The molecule has 5 aromatic rings. The Balaban J connectivity index is 1.48. The maximum Gasteiger partial charge on any atom is 0.267 e. The molecular weight excluding hydrogens is 656 g/mol. The van der Waals surface area contributed by atoms with Crippen LogP contribution in [0.1, 0.15) is 25.6 Å². The molecule has 1 N–H and O–H groups in total. The fourth-order valence-electron chi connectivity index (χ4n) is 4.75. The summed E-state index contributed by atoms with van der Waals surface area (Å²) in [5.74, 6) is -0.917. The summed E-state index contributed by atoms with van der Waals surface area (Å²) in [6.45, 7) is 11.8. The van der Waals surface area contributed by atoms with Gasteiger partial charge in [0.2, 0.25) is 5.88 Å². The quantitative estimate of drug-likeness (QED) is 0.112. The van der Waals surface area contributed by atoms with E-state index in [0.29, 0.717) is 23.6 Å². The number of ether oxygens (including phenoxy) is 2. The molecule has 0 bridgehead atoms. The highest BCUT2D eigenvalue weighted by atomic mass is 35.5. The lowest BCUT2D eigenvalue weighted by molar-refractivity contribution is 0.0855. The van der Waals surface area contributed by atoms with Crippen LogP contribution in [0.2, 0.25) is 30.7 Å². The number of pyridine rings is 2. The van der Waals surface area contributed by atoms with Crippen molar-refractivity contribution in [1.82, 2.24) is 29.1 Å². The number of nitrogens with zero attached hydrogens (tertiary/aromatic N) is 6. The molecule has 1 aromatic carbocycles. The van der Waals surface area contributed by atoms with E-state index in [2.05, 4.69) is 44.5 Å². The number of imidazole rings is 1. The van der Waals surface area contributed by atoms with Crippen LogP contribution in [0.3, 0.4) is 0 Å². The highest BCUT2D eigenvalue weighted by Crippen LogP contribution is 2.34. The summed E-state index contributed by atoms with van der Waals surface area (Å²) in [7, 11) is -4.46. The molecule has 0 radical (unpaired) electrons. The SMILES string of the molecule is COc1ncc(Cl)cc1S(=O)(=O)Nc1ccc(F)c(-c2ccc3c(-c4nnc(C(C)C)n4COCC[Si](C)(C)C)ncn3c2)c1F. The minimum atomic E-state index is -4.42. The van der Waals surface area contributed by atoms with Gasteiger partial charge in [-0.2, -0.15) is 0 Å². The van der Waals surface area contributed by atoms with Gasteiger partial charge in [-0.25, -0.2) is 27.2 Å². The van der Waals surface area contributed by atoms with E-state index in [9.17, 15) is 8.42 Å². The van der Waals surface area contributed by atoms with Crippen LogP contribution < -0.4 is 9.46 Å². The normalized spacial score (nSPS) is 12.3. The molecule has 0 atom stereocenters. The van der Waals surface area contributed by atoms with E-state index in [-0.39, 0.29) is 29.1 Å². The van der Waals surface area contributed by atoms with E-state index in [0.717, 1.165) is 30.1 Å². The Kier molecular flexibility index (Phi) is 9.49. The van der Waals surface area contributed by atoms with Gasteiger partial charge < -0.3 is 13.9 Å². The van der Waals surface area contributed by atoms with Crippen LogP contribution in [0.5, 0.6) is 5.88 Å². The third-order valence-electron chi connectivity index (χ3n) is 7.15. The molecule has 244 valence electrons. The number of benzene rings is 1. The van der Waals surface area contributed by atoms with Crippen molar-refractivity contribution >= 4 is 40.9 Å². The molecule has 16 heteroatoms. The van der Waals surface area contributed by atoms with Crippen LogP contribution in [0.15, 0.2) is 53.9 Å². The lowest BCUT2D eigenvalue weighted by Gasteiger charge is -2.17. The Labute approximate surface area is 271 Å². The van der Waals surface area contributed by atoms with Gasteiger partial charge in [0.15, 0.2) is 16.5 Å². The summed E-state index contributed by atoms with van der Waals surface area (Å²) in [5.41, 5.74) is 0.371. The summed E-state index contributed by atoms with van der Waals surface area (Å²) in [6, 6.07) is 7.29. The minimum absolute atomic E-state index is 0.0303. The Bertz CT molecular complexity index is 2010. The van der Waals surface area contributed by atoms with Gasteiger partial charge in [-0.3, -0.25) is 9.29 Å². The number of hydrogen-bond donors (Lipinski definition) is 1. The van der Waals surface area contributed by atoms with Gasteiger partial charge in [0.1, 0.15) is 30.4 Å². The summed E-state index contributed by atoms with van der Waals surface area (Å²) >= 11 is 5.94. The first-order chi connectivity index (χ1) is 21.7. The predicted octanol–water partition coefficient (Wildman–Crippen LogP) is 6.83. The fraction of sp³-hybridized carbons (Fsp3) is 0.333. The molecule has 0 spiro atoms. The van der Waals surface area contributed by atoms with Crippen LogP contribution in [-0.4, -0.2) is 59.3 Å². The molecule has 4 aromatic heterocycles. The third kappa shape index (κ3) is 6.91. The van der Waals surface area contributed by atoms with Gasteiger partial charge in [-0.15, -0.1) is 10.2 Å². The Morgan fingerprint density at radius 2 is 1.85 bits per heavy atom. The summed E-state index contributed by atoms with van der Waals surface area (Å²) in [4.78, 5) is 8.00. The maximum absolute atomic E-state index is 15.9. The number of rotatable bonds is 12. The van der Waals surface area contributed by atoms with Crippen molar-refractivity contribution < 1.29 is 26.7 Å². The van der Waals surface area contributed by atoms with Gasteiger partial charge in [0.25, 0.3) is 10.0 Å². The molecule has 0 aliphatic heterocycles. The first-order valence-corrected chi connectivity index (χ1v) is 20.0. The molecular formula is C30H34ClF2N7O4SSi. The van der Waals surface area contributed by atoms with E-state index in [1.54, 1.807) is 10.5 Å². The zero-order valence-electron chi connectivity index (χ0n) is 26.2. The molecule has 46 heavy (non-hydrogen) atoms. The van der Waals surface area contributed by atoms with Crippen LogP contribution in [0.25, 0.3) is 28.2 Å². The number of halogens is 3. The first kappa shape index (κ1) is 33.4. The van der Waals surface area contributed by atoms with Crippen molar-refractivity contribution in [3.05, 3.63) is 71.5 Å². The van der Waals surface area contributed by atoms with E-state index < -0.39 is 45.9 Å². The Morgan fingerprint density at radius 3 is 2.54 bits per heavy atom. The van der Waals surface area contributed by atoms with E-state index in [4.69, 9.17) is 21.1 Å². The molecule has 4 heterocycles. The van der Waals surface area contributed by atoms with Crippen molar-refractivity contribution in [2.75, 3.05) is 18.4 Å². The van der Waals surface area contributed by atoms with Gasteiger partial charge in [-0.1, -0.05) is 51.2 Å².